The van der Waals surface area contributed by atoms with Gasteiger partial charge in [-0.1, -0.05) is 12.1 Å². The molecule has 0 radical (unpaired) electrons. The molecule has 2 rings (SSSR count). The molecule has 0 aliphatic carbocycles. The Morgan fingerprint density at radius 2 is 2.00 bits per heavy atom. The summed E-state index contributed by atoms with van der Waals surface area (Å²) < 4.78 is 5.86. The van der Waals surface area contributed by atoms with Gasteiger partial charge < -0.3 is 15.8 Å². The fourth-order valence-corrected chi connectivity index (χ4v) is 2.31. The van der Waals surface area contributed by atoms with E-state index in [1.807, 2.05) is 39.0 Å². The van der Waals surface area contributed by atoms with Crippen molar-refractivity contribution in [3.63, 3.8) is 0 Å². The van der Waals surface area contributed by atoms with Gasteiger partial charge >= 0.3 is 0 Å². The molecule has 2 aromatic rings. The minimum atomic E-state index is -0.218. The highest BCUT2D eigenvalue weighted by Gasteiger charge is 2.18. The van der Waals surface area contributed by atoms with Gasteiger partial charge in [-0.05, 0) is 44.9 Å². The molecule has 122 valence electrons. The van der Waals surface area contributed by atoms with Crippen LogP contribution < -0.4 is 15.8 Å². The van der Waals surface area contributed by atoms with Crippen molar-refractivity contribution in [2.24, 2.45) is 0 Å². The number of ether oxygens (including phenoxy) is 1. The highest BCUT2D eigenvalue weighted by molar-refractivity contribution is 5.96. The molecule has 0 spiro atoms. The molecule has 6 heteroatoms. The van der Waals surface area contributed by atoms with E-state index in [0.29, 0.717) is 23.5 Å². The van der Waals surface area contributed by atoms with E-state index < -0.39 is 0 Å². The Bertz CT molecular complexity index is 729. The Morgan fingerprint density at radius 1 is 1.26 bits per heavy atom. The summed E-state index contributed by atoms with van der Waals surface area (Å²) in [6.45, 7) is 8.25. The average Bonchev–Trinajstić information content (AvgIpc) is 2.47. The molecule has 0 atom stereocenters. The predicted octanol–water partition coefficient (Wildman–Crippen LogP) is 2.31. The Balaban J connectivity index is 2.31. The second kappa shape index (κ2) is 7.09. The Labute approximate surface area is 136 Å². The zero-order valence-electron chi connectivity index (χ0n) is 13.9. The van der Waals surface area contributed by atoms with Gasteiger partial charge in [-0.2, -0.15) is 0 Å². The third kappa shape index (κ3) is 3.97. The Hall–Kier alpha value is -2.63. The lowest BCUT2D eigenvalue weighted by Gasteiger charge is -2.14. The van der Waals surface area contributed by atoms with Crippen LogP contribution in [-0.4, -0.2) is 22.4 Å². The second-order valence-corrected chi connectivity index (χ2v) is 5.41. The fourth-order valence-electron chi connectivity index (χ4n) is 2.31. The number of nitrogens with zero attached hydrogens (tertiary/aromatic N) is 2. The highest BCUT2D eigenvalue weighted by Crippen LogP contribution is 2.21. The summed E-state index contributed by atoms with van der Waals surface area (Å²) in [5.41, 5.74) is 9.30. The molecule has 0 aliphatic heterocycles. The third-order valence-corrected chi connectivity index (χ3v) is 3.45. The summed E-state index contributed by atoms with van der Waals surface area (Å²) in [5.74, 6) is 0.682. The van der Waals surface area contributed by atoms with Crippen LogP contribution >= 0.6 is 0 Å². The number of anilines is 1. The molecule has 1 heterocycles. The molecule has 0 saturated carbocycles. The number of nitrogens with two attached hydrogens (primary N) is 1. The fraction of sp³-hybridized carbons (Fsp3) is 0.353. The van der Waals surface area contributed by atoms with E-state index in [4.69, 9.17) is 10.5 Å². The van der Waals surface area contributed by atoms with Crippen molar-refractivity contribution in [2.75, 3.05) is 12.3 Å². The quantitative estimate of drug-likeness (QED) is 0.884. The van der Waals surface area contributed by atoms with E-state index in [2.05, 4.69) is 15.3 Å². The summed E-state index contributed by atoms with van der Waals surface area (Å²) in [4.78, 5) is 20.5. The van der Waals surface area contributed by atoms with Gasteiger partial charge in [-0.3, -0.25) is 4.79 Å². The van der Waals surface area contributed by atoms with E-state index in [9.17, 15) is 4.79 Å². The first-order valence-corrected chi connectivity index (χ1v) is 7.53. The average molecular weight is 314 g/mol. The molecular formula is C17H22N4O2. The molecule has 0 aliphatic rings. The maximum Gasteiger partial charge on any atom is 0.255 e. The number of aromatic nitrogens is 2. The lowest BCUT2D eigenvalue weighted by atomic mass is 10.1. The van der Waals surface area contributed by atoms with Crippen molar-refractivity contribution in [3.8, 4) is 5.75 Å². The summed E-state index contributed by atoms with van der Waals surface area (Å²) >= 11 is 0. The molecule has 6 nitrogen and oxygen atoms in total. The van der Waals surface area contributed by atoms with E-state index >= 15 is 0 Å². The van der Waals surface area contributed by atoms with Crippen molar-refractivity contribution >= 4 is 11.9 Å². The van der Waals surface area contributed by atoms with Crippen LogP contribution in [0.25, 0.3) is 0 Å². The van der Waals surface area contributed by atoms with Crippen LogP contribution in [0.2, 0.25) is 0 Å². The van der Waals surface area contributed by atoms with Crippen LogP contribution in [0.3, 0.4) is 0 Å². The molecule has 0 fully saturated rings. The van der Waals surface area contributed by atoms with Gasteiger partial charge in [0.2, 0.25) is 5.95 Å². The Morgan fingerprint density at radius 3 is 2.70 bits per heavy atom. The van der Waals surface area contributed by atoms with Crippen LogP contribution in [-0.2, 0) is 6.61 Å². The van der Waals surface area contributed by atoms with E-state index in [-0.39, 0.29) is 18.5 Å². The molecular weight excluding hydrogens is 292 g/mol. The van der Waals surface area contributed by atoms with Gasteiger partial charge in [0.15, 0.2) is 0 Å². The van der Waals surface area contributed by atoms with E-state index in [1.165, 1.54) is 0 Å². The normalized spacial score (nSPS) is 10.4. The van der Waals surface area contributed by atoms with Crippen molar-refractivity contribution in [1.82, 2.24) is 15.3 Å². The topological polar surface area (TPSA) is 90.1 Å². The number of rotatable bonds is 5. The number of amides is 1. The summed E-state index contributed by atoms with van der Waals surface area (Å²) in [5, 5.41) is 2.77. The van der Waals surface area contributed by atoms with Crippen LogP contribution in [0.15, 0.2) is 18.2 Å². The van der Waals surface area contributed by atoms with Gasteiger partial charge in [0.25, 0.3) is 5.91 Å². The number of carbonyl (C=O) groups excluding carboxylic acids is 1. The van der Waals surface area contributed by atoms with Gasteiger partial charge in [0, 0.05) is 6.54 Å². The van der Waals surface area contributed by atoms with E-state index in [1.54, 1.807) is 6.92 Å². The molecule has 1 amide bonds. The summed E-state index contributed by atoms with van der Waals surface area (Å²) in [6, 6.07) is 5.97. The summed E-state index contributed by atoms with van der Waals surface area (Å²) in [7, 11) is 0. The van der Waals surface area contributed by atoms with Crippen molar-refractivity contribution in [2.45, 2.75) is 34.3 Å². The smallest absolute Gasteiger partial charge is 0.255 e. The highest BCUT2D eigenvalue weighted by atomic mass is 16.5. The number of hydrogen-bond donors (Lipinski definition) is 2. The molecule has 0 bridgehead atoms. The van der Waals surface area contributed by atoms with Gasteiger partial charge in [-0.25, -0.2) is 9.97 Å². The minimum Gasteiger partial charge on any atom is -0.487 e. The first-order chi connectivity index (χ1) is 10.9. The maximum absolute atomic E-state index is 12.2. The summed E-state index contributed by atoms with van der Waals surface area (Å²) in [6.07, 6.45) is 0. The zero-order chi connectivity index (χ0) is 17.0. The minimum absolute atomic E-state index is 0.134. The zero-order valence-corrected chi connectivity index (χ0v) is 13.9. The first kappa shape index (κ1) is 16.7. The van der Waals surface area contributed by atoms with Crippen molar-refractivity contribution < 1.29 is 9.53 Å². The SMILES string of the molecule is CCNC(=O)c1c(C)nc(N)nc1COc1cc(C)ccc1C. The number of carbonyl (C=O) groups is 1. The molecule has 1 aromatic carbocycles. The van der Waals surface area contributed by atoms with Crippen LogP contribution in [0.4, 0.5) is 5.95 Å². The molecule has 23 heavy (non-hydrogen) atoms. The van der Waals surface area contributed by atoms with Crippen molar-refractivity contribution in [1.29, 1.82) is 0 Å². The molecule has 3 N–H and O–H groups in total. The van der Waals surface area contributed by atoms with Crippen LogP contribution in [0, 0.1) is 20.8 Å². The molecule has 0 saturated heterocycles. The number of benzene rings is 1. The monoisotopic (exact) mass is 314 g/mol. The molecule has 0 unspecified atom stereocenters. The molecule has 1 aromatic heterocycles. The van der Waals surface area contributed by atoms with Gasteiger partial charge in [0.05, 0.1) is 17.0 Å². The largest absolute Gasteiger partial charge is 0.487 e. The van der Waals surface area contributed by atoms with Gasteiger partial charge in [-0.15, -0.1) is 0 Å². The maximum atomic E-state index is 12.2. The van der Waals surface area contributed by atoms with Gasteiger partial charge in [0.1, 0.15) is 12.4 Å². The predicted molar refractivity (Wildman–Crippen MR) is 89.4 cm³/mol. The Kier molecular flexibility index (Phi) is 5.16. The first-order valence-electron chi connectivity index (χ1n) is 7.53. The number of aryl methyl sites for hydroxylation is 3. The van der Waals surface area contributed by atoms with Crippen LogP contribution in [0.5, 0.6) is 5.75 Å². The number of hydrogen-bond acceptors (Lipinski definition) is 5. The number of nitrogen functional groups attached to an aromatic ring is 1. The second-order valence-electron chi connectivity index (χ2n) is 5.41. The third-order valence-electron chi connectivity index (χ3n) is 3.45. The van der Waals surface area contributed by atoms with Crippen molar-refractivity contribution in [3.05, 3.63) is 46.3 Å². The number of nitrogens with one attached hydrogen (secondary N) is 1. The van der Waals surface area contributed by atoms with Crippen LogP contribution in [0.1, 0.15) is 39.8 Å². The standard InChI is InChI=1S/C17H22N4O2/c1-5-19-16(22)15-12(4)20-17(18)21-13(15)9-23-14-8-10(2)6-7-11(14)3/h6-8H,5,9H2,1-4H3,(H,19,22)(H2,18,20,21). The lowest BCUT2D eigenvalue weighted by molar-refractivity contribution is 0.0951. The van der Waals surface area contributed by atoms with E-state index in [0.717, 1.165) is 16.9 Å². The lowest BCUT2D eigenvalue weighted by Crippen LogP contribution is -2.26.